The minimum absolute atomic E-state index is 0.00342. The summed E-state index contributed by atoms with van der Waals surface area (Å²) >= 11 is 3.43. The van der Waals surface area contributed by atoms with Gasteiger partial charge in [0.15, 0.2) is 12.3 Å². The van der Waals surface area contributed by atoms with Crippen molar-refractivity contribution in [2.24, 2.45) is 7.05 Å². The second kappa shape index (κ2) is 8.69. The fourth-order valence-electron chi connectivity index (χ4n) is 2.76. The van der Waals surface area contributed by atoms with Crippen LogP contribution < -0.4 is 10.1 Å². The molecular weight excluding hydrogens is 451 g/mol. The second-order valence-electron chi connectivity index (χ2n) is 6.20. The smallest absolute Gasteiger partial charge is 0.422 e. The Morgan fingerprint density at radius 1 is 1.14 bits per heavy atom. The Kier molecular flexibility index (Phi) is 6.26. The predicted octanol–water partition coefficient (Wildman–Crippen LogP) is 4.72. The van der Waals surface area contributed by atoms with Crippen LogP contribution in [0.4, 0.5) is 13.2 Å². The van der Waals surface area contributed by atoms with Crippen molar-refractivity contribution < 1.29 is 22.7 Å². The van der Waals surface area contributed by atoms with Crippen LogP contribution in [-0.4, -0.2) is 28.5 Å². The third kappa shape index (κ3) is 5.17. The van der Waals surface area contributed by atoms with Crippen LogP contribution in [0, 0.1) is 0 Å². The Labute approximate surface area is 173 Å². The van der Waals surface area contributed by atoms with Crippen molar-refractivity contribution in [1.29, 1.82) is 0 Å². The molecule has 1 aromatic heterocycles. The van der Waals surface area contributed by atoms with E-state index in [9.17, 15) is 18.0 Å². The van der Waals surface area contributed by atoms with Crippen LogP contribution in [0.2, 0.25) is 0 Å². The number of rotatable bonds is 6. The minimum Gasteiger partial charge on any atom is -0.484 e. The topological polar surface area (TPSA) is 56.2 Å². The molecule has 0 aliphatic carbocycles. The lowest BCUT2D eigenvalue weighted by Crippen LogP contribution is -2.25. The van der Waals surface area contributed by atoms with Crippen LogP contribution in [0.1, 0.15) is 16.1 Å². The van der Waals surface area contributed by atoms with Crippen molar-refractivity contribution >= 4 is 21.8 Å². The van der Waals surface area contributed by atoms with E-state index in [1.807, 2.05) is 30.3 Å². The first-order chi connectivity index (χ1) is 13.8. The van der Waals surface area contributed by atoms with Gasteiger partial charge in [0, 0.05) is 24.7 Å². The van der Waals surface area contributed by atoms with Gasteiger partial charge < -0.3 is 10.1 Å². The molecule has 1 N–H and O–H groups in total. The van der Waals surface area contributed by atoms with Gasteiger partial charge >= 0.3 is 6.18 Å². The first kappa shape index (κ1) is 20.9. The van der Waals surface area contributed by atoms with Gasteiger partial charge in [0.1, 0.15) is 5.75 Å². The van der Waals surface area contributed by atoms with Gasteiger partial charge in [-0.05, 0) is 22.0 Å². The lowest BCUT2D eigenvalue weighted by molar-refractivity contribution is -0.153. The largest absolute Gasteiger partial charge is 0.484 e. The first-order valence-electron chi connectivity index (χ1n) is 8.60. The molecule has 29 heavy (non-hydrogen) atoms. The molecule has 3 rings (SSSR count). The maximum absolute atomic E-state index is 12.6. The molecule has 0 aliphatic rings. The lowest BCUT2D eigenvalue weighted by Gasteiger charge is -2.13. The summed E-state index contributed by atoms with van der Waals surface area (Å²) in [4.78, 5) is 12.6. The maximum atomic E-state index is 12.6. The number of carbonyl (C=O) groups is 1. The lowest BCUT2D eigenvalue weighted by atomic mass is 10.1. The third-order valence-corrected chi connectivity index (χ3v) is 4.81. The molecule has 0 atom stereocenters. The fraction of sp³-hybridized carbons (Fsp3) is 0.200. The monoisotopic (exact) mass is 467 g/mol. The average molecular weight is 468 g/mol. The highest BCUT2D eigenvalue weighted by atomic mass is 79.9. The molecule has 0 saturated carbocycles. The molecule has 1 amide bonds. The van der Waals surface area contributed by atoms with E-state index in [4.69, 9.17) is 4.74 Å². The normalized spacial score (nSPS) is 11.3. The van der Waals surface area contributed by atoms with Crippen LogP contribution in [0.15, 0.2) is 59.1 Å². The molecule has 1 heterocycles. The van der Waals surface area contributed by atoms with E-state index in [0.717, 1.165) is 11.3 Å². The molecule has 0 unspecified atom stereocenters. The summed E-state index contributed by atoms with van der Waals surface area (Å²) in [5, 5.41) is 6.95. The highest BCUT2D eigenvalue weighted by Gasteiger charge is 2.29. The van der Waals surface area contributed by atoms with E-state index in [1.54, 1.807) is 29.9 Å². The van der Waals surface area contributed by atoms with Gasteiger partial charge in [-0.25, -0.2) is 0 Å². The molecule has 0 radical (unpaired) electrons. The van der Waals surface area contributed by atoms with Gasteiger partial charge in [-0.2, -0.15) is 18.3 Å². The standard InChI is InChI=1S/C20H17BrF3N3O2/c1-27-18(13-7-3-2-4-8-13)16(21)17(26-27)19(28)25-11-14-9-5-6-10-15(14)29-12-20(22,23)24/h2-10H,11-12H2,1H3,(H,25,28). The zero-order valence-corrected chi connectivity index (χ0v) is 16.9. The summed E-state index contributed by atoms with van der Waals surface area (Å²) < 4.78 is 44.2. The van der Waals surface area contributed by atoms with Crippen LogP contribution >= 0.6 is 15.9 Å². The summed E-state index contributed by atoms with van der Waals surface area (Å²) in [7, 11) is 1.73. The number of hydrogen-bond acceptors (Lipinski definition) is 3. The SMILES string of the molecule is Cn1nc(C(=O)NCc2ccccc2OCC(F)(F)F)c(Br)c1-c1ccccc1. The van der Waals surface area contributed by atoms with Gasteiger partial charge in [0.2, 0.25) is 0 Å². The van der Waals surface area contributed by atoms with Crippen molar-refractivity contribution in [3.05, 3.63) is 70.3 Å². The quantitative estimate of drug-likeness (QED) is 0.570. The minimum atomic E-state index is -4.44. The molecule has 152 valence electrons. The van der Waals surface area contributed by atoms with Gasteiger partial charge in [0.05, 0.1) is 10.2 Å². The van der Waals surface area contributed by atoms with Crippen LogP contribution in [0.25, 0.3) is 11.3 Å². The van der Waals surface area contributed by atoms with Gasteiger partial charge in [-0.3, -0.25) is 9.48 Å². The summed E-state index contributed by atoms with van der Waals surface area (Å²) in [6.45, 7) is -1.40. The number of nitrogens with zero attached hydrogens (tertiary/aromatic N) is 2. The Bertz CT molecular complexity index is 1000. The Hall–Kier alpha value is -2.81. The van der Waals surface area contributed by atoms with Crippen molar-refractivity contribution in [3.8, 4) is 17.0 Å². The number of aromatic nitrogens is 2. The highest BCUT2D eigenvalue weighted by Crippen LogP contribution is 2.30. The molecule has 5 nitrogen and oxygen atoms in total. The summed E-state index contributed by atoms with van der Waals surface area (Å²) in [5.41, 5.74) is 2.24. The van der Waals surface area contributed by atoms with Crippen molar-refractivity contribution in [2.75, 3.05) is 6.61 Å². The summed E-state index contributed by atoms with van der Waals surface area (Å²) in [5.74, 6) is -0.393. The maximum Gasteiger partial charge on any atom is 0.422 e. The number of benzene rings is 2. The predicted molar refractivity (Wildman–Crippen MR) is 106 cm³/mol. The molecule has 0 spiro atoms. The van der Waals surface area contributed by atoms with Gasteiger partial charge in [-0.1, -0.05) is 48.5 Å². The number of halogens is 4. The summed E-state index contributed by atoms with van der Waals surface area (Å²) in [6, 6.07) is 15.7. The molecule has 0 bridgehead atoms. The number of hydrogen-bond donors (Lipinski definition) is 1. The zero-order chi connectivity index (χ0) is 21.0. The van der Waals surface area contributed by atoms with Crippen molar-refractivity contribution in [1.82, 2.24) is 15.1 Å². The van der Waals surface area contributed by atoms with Crippen LogP contribution in [0.3, 0.4) is 0 Å². The number of ether oxygens (including phenoxy) is 1. The molecule has 0 fully saturated rings. The number of aryl methyl sites for hydroxylation is 1. The number of para-hydroxylation sites is 1. The second-order valence-corrected chi connectivity index (χ2v) is 6.99. The van der Waals surface area contributed by atoms with E-state index >= 15 is 0 Å². The Morgan fingerprint density at radius 2 is 1.79 bits per heavy atom. The summed E-state index contributed by atoms with van der Waals surface area (Å²) in [6.07, 6.45) is -4.44. The fourth-order valence-corrected chi connectivity index (χ4v) is 3.51. The zero-order valence-electron chi connectivity index (χ0n) is 15.3. The van der Waals surface area contributed by atoms with E-state index in [2.05, 4.69) is 26.3 Å². The Morgan fingerprint density at radius 3 is 2.48 bits per heavy atom. The molecule has 9 heteroatoms. The van der Waals surface area contributed by atoms with E-state index < -0.39 is 18.7 Å². The van der Waals surface area contributed by atoms with Crippen molar-refractivity contribution in [2.45, 2.75) is 12.7 Å². The third-order valence-electron chi connectivity index (χ3n) is 4.06. The number of nitrogens with one attached hydrogen (secondary N) is 1. The van der Waals surface area contributed by atoms with Gasteiger partial charge in [0.25, 0.3) is 5.91 Å². The average Bonchev–Trinajstić information content (AvgIpc) is 2.99. The number of carbonyl (C=O) groups excluding carboxylic acids is 1. The number of alkyl halides is 3. The van der Waals surface area contributed by atoms with E-state index in [1.165, 1.54) is 6.07 Å². The number of amides is 1. The van der Waals surface area contributed by atoms with Crippen molar-refractivity contribution in [3.63, 3.8) is 0 Å². The van der Waals surface area contributed by atoms with Crippen LogP contribution in [0.5, 0.6) is 5.75 Å². The first-order valence-corrected chi connectivity index (χ1v) is 9.39. The van der Waals surface area contributed by atoms with E-state index in [-0.39, 0.29) is 18.0 Å². The molecule has 0 aliphatic heterocycles. The Balaban J connectivity index is 1.74. The molecule has 0 saturated heterocycles. The molecule has 2 aromatic carbocycles. The van der Waals surface area contributed by atoms with E-state index in [0.29, 0.717) is 10.0 Å². The molecule has 3 aromatic rings. The van der Waals surface area contributed by atoms with Gasteiger partial charge in [-0.15, -0.1) is 0 Å². The highest BCUT2D eigenvalue weighted by molar-refractivity contribution is 9.10. The van der Waals surface area contributed by atoms with Crippen LogP contribution in [-0.2, 0) is 13.6 Å². The molecular formula is C20H17BrF3N3O2.